The fourth-order valence-electron chi connectivity index (χ4n) is 3.44. The van der Waals surface area contributed by atoms with Gasteiger partial charge in [-0.3, -0.25) is 0 Å². The number of alkyl halides is 9. The highest BCUT2D eigenvalue weighted by molar-refractivity contribution is 6.38. The Morgan fingerprint density at radius 1 is 0.917 bits per heavy atom. The second-order valence-corrected chi connectivity index (χ2v) is 8.73. The lowest BCUT2D eigenvalue weighted by atomic mass is 10.1. The van der Waals surface area contributed by atoms with E-state index in [9.17, 15) is 39.5 Å². The molecular formula is C20H16Cl2F9N5. The molecule has 2 heterocycles. The van der Waals surface area contributed by atoms with E-state index in [-0.39, 0.29) is 12.5 Å². The van der Waals surface area contributed by atoms with Gasteiger partial charge in [0.05, 0.1) is 21.0 Å². The molecule has 198 valence electrons. The first kappa shape index (κ1) is 28.1. The zero-order valence-corrected chi connectivity index (χ0v) is 19.8. The van der Waals surface area contributed by atoms with Crippen LogP contribution in [-0.4, -0.2) is 26.3 Å². The van der Waals surface area contributed by atoms with E-state index >= 15 is 0 Å². The highest BCUT2D eigenvalue weighted by Crippen LogP contribution is 2.43. The van der Waals surface area contributed by atoms with E-state index in [0.29, 0.717) is 23.2 Å². The predicted octanol–water partition coefficient (Wildman–Crippen LogP) is 8.03. The minimum absolute atomic E-state index is 0.0306. The molecule has 0 radical (unpaired) electrons. The molecule has 0 spiro atoms. The van der Waals surface area contributed by atoms with E-state index < -0.39 is 68.2 Å². The van der Waals surface area contributed by atoms with Crippen molar-refractivity contribution in [1.82, 2.24) is 19.7 Å². The van der Waals surface area contributed by atoms with Crippen LogP contribution in [0.5, 0.6) is 0 Å². The fourth-order valence-corrected chi connectivity index (χ4v) is 4.09. The molecular weight excluding hydrogens is 552 g/mol. The fraction of sp³-hybridized carbons (Fsp3) is 0.450. The Bertz CT molecular complexity index is 1240. The average Bonchev–Trinajstić information content (AvgIpc) is 3.07. The van der Waals surface area contributed by atoms with Crippen LogP contribution in [0, 0.1) is 5.92 Å². The minimum atomic E-state index is -5.37. The van der Waals surface area contributed by atoms with Crippen molar-refractivity contribution in [2.24, 2.45) is 5.92 Å². The first-order chi connectivity index (χ1) is 16.4. The van der Waals surface area contributed by atoms with Crippen molar-refractivity contribution < 1.29 is 39.5 Å². The Morgan fingerprint density at radius 2 is 1.50 bits per heavy atom. The zero-order chi connectivity index (χ0) is 27.2. The first-order valence-electron chi connectivity index (χ1n) is 10.2. The minimum Gasteiger partial charge on any atom is -0.369 e. The molecule has 1 aromatic carbocycles. The number of nitrogens with zero attached hydrogens (tertiary/aromatic N) is 4. The van der Waals surface area contributed by atoms with Crippen molar-refractivity contribution in [2.45, 2.75) is 45.2 Å². The van der Waals surface area contributed by atoms with Crippen molar-refractivity contribution >= 4 is 40.1 Å². The van der Waals surface area contributed by atoms with Crippen LogP contribution in [-0.2, 0) is 18.5 Å². The van der Waals surface area contributed by atoms with Crippen LogP contribution in [0.1, 0.15) is 43.8 Å². The van der Waals surface area contributed by atoms with Crippen molar-refractivity contribution in [2.75, 3.05) is 11.9 Å². The summed E-state index contributed by atoms with van der Waals surface area (Å²) in [5.41, 5.74) is -4.69. The predicted molar refractivity (Wildman–Crippen MR) is 114 cm³/mol. The van der Waals surface area contributed by atoms with Gasteiger partial charge in [-0.2, -0.15) is 39.5 Å². The van der Waals surface area contributed by atoms with E-state index in [1.54, 1.807) is 6.92 Å². The van der Waals surface area contributed by atoms with Crippen molar-refractivity contribution in [3.63, 3.8) is 0 Å². The summed E-state index contributed by atoms with van der Waals surface area (Å²) in [6, 6.07) is 0.937. The van der Waals surface area contributed by atoms with Gasteiger partial charge in [0.25, 0.3) is 0 Å². The molecule has 0 aliphatic heterocycles. The molecule has 1 atom stereocenters. The Morgan fingerprint density at radius 3 is 1.97 bits per heavy atom. The summed E-state index contributed by atoms with van der Waals surface area (Å²) in [5, 5.41) is 4.16. The van der Waals surface area contributed by atoms with Crippen LogP contribution >= 0.6 is 23.2 Å². The average molecular weight is 568 g/mol. The summed E-state index contributed by atoms with van der Waals surface area (Å²) in [4.78, 5) is 5.83. The van der Waals surface area contributed by atoms with Gasteiger partial charge in [-0.05, 0) is 24.5 Å². The summed E-state index contributed by atoms with van der Waals surface area (Å²) in [6.07, 6.45) is -14.2. The van der Waals surface area contributed by atoms with Gasteiger partial charge < -0.3 is 5.32 Å². The molecule has 36 heavy (non-hydrogen) atoms. The number of rotatable bonds is 6. The maximum Gasteiger partial charge on any atom is 0.451 e. The van der Waals surface area contributed by atoms with E-state index in [0.717, 1.165) is 6.42 Å². The standard InChI is InChI=1S/C20H16Cl2F9N5/c1-3-4-8(2)7-32-16-12-14(19(26,27)28)33-17(20(29,30)31)34-15(12)35-36(16)13-10(21)5-9(6-11(13)22)18(23,24)25/h5-6,8,32H,3-4,7H2,1-2H3/t8-/m0/s1. The summed E-state index contributed by atoms with van der Waals surface area (Å²) in [7, 11) is 0. The largest absolute Gasteiger partial charge is 0.451 e. The lowest BCUT2D eigenvalue weighted by Gasteiger charge is -2.18. The van der Waals surface area contributed by atoms with Gasteiger partial charge in [0.2, 0.25) is 5.82 Å². The Labute approximate surface area is 207 Å². The number of benzene rings is 1. The third-order valence-corrected chi connectivity index (χ3v) is 5.59. The molecule has 0 saturated carbocycles. The molecule has 0 aliphatic carbocycles. The number of fused-ring (bicyclic) bond motifs is 1. The Balaban J connectivity index is 2.38. The maximum atomic E-state index is 13.8. The number of hydrogen-bond acceptors (Lipinski definition) is 4. The number of nitrogens with one attached hydrogen (secondary N) is 1. The van der Waals surface area contributed by atoms with Crippen LogP contribution in [0.3, 0.4) is 0 Å². The molecule has 0 bridgehead atoms. The molecule has 16 heteroatoms. The second-order valence-electron chi connectivity index (χ2n) is 7.91. The lowest BCUT2D eigenvalue weighted by Crippen LogP contribution is -2.18. The quantitative estimate of drug-likeness (QED) is 0.306. The molecule has 0 saturated heterocycles. The second kappa shape index (κ2) is 9.77. The molecule has 3 rings (SSSR count). The van der Waals surface area contributed by atoms with Gasteiger partial charge in [0, 0.05) is 6.54 Å². The zero-order valence-electron chi connectivity index (χ0n) is 18.3. The first-order valence-corrected chi connectivity index (χ1v) is 11.0. The third kappa shape index (κ3) is 5.74. The van der Waals surface area contributed by atoms with Gasteiger partial charge in [-0.25, -0.2) is 14.6 Å². The molecule has 0 aliphatic rings. The van der Waals surface area contributed by atoms with Gasteiger partial charge >= 0.3 is 18.5 Å². The maximum absolute atomic E-state index is 13.8. The molecule has 3 aromatic rings. The van der Waals surface area contributed by atoms with Crippen LogP contribution in [0.4, 0.5) is 45.3 Å². The molecule has 1 N–H and O–H groups in total. The van der Waals surface area contributed by atoms with Crippen LogP contribution in [0.25, 0.3) is 16.7 Å². The summed E-state index contributed by atoms with van der Waals surface area (Å²) >= 11 is 12.0. The smallest absolute Gasteiger partial charge is 0.369 e. The SMILES string of the molecule is CCC[C@H](C)CNc1c2c(C(F)(F)F)nc(C(F)(F)F)nc2nn1-c1c(Cl)cc(C(F)(F)F)cc1Cl. The van der Waals surface area contributed by atoms with Crippen LogP contribution in [0.15, 0.2) is 12.1 Å². The normalized spacial score (nSPS) is 13.9. The topological polar surface area (TPSA) is 55.6 Å². The Kier molecular flexibility index (Phi) is 7.62. The lowest BCUT2D eigenvalue weighted by molar-refractivity contribution is -0.151. The number of anilines is 1. The summed E-state index contributed by atoms with van der Waals surface area (Å²) in [5.74, 6) is -2.74. The molecule has 2 aromatic heterocycles. The van der Waals surface area contributed by atoms with Gasteiger partial charge in [-0.15, -0.1) is 5.10 Å². The van der Waals surface area contributed by atoms with Crippen molar-refractivity contribution in [3.05, 3.63) is 39.3 Å². The van der Waals surface area contributed by atoms with E-state index in [2.05, 4.69) is 20.4 Å². The van der Waals surface area contributed by atoms with Gasteiger partial charge in [0.15, 0.2) is 11.3 Å². The highest BCUT2D eigenvalue weighted by Gasteiger charge is 2.43. The van der Waals surface area contributed by atoms with E-state index in [1.165, 1.54) is 0 Å². The monoisotopic (exact) mass is 567 g/mol. The third-order valence-electron chi connectivity index (χ3n) is 5.01. The van der Waals surface area contributed by atoms with Gasteiger partial charge in [0.1, 0.15) is 11.5 Å². The summed E-state index contributed by atoms with van der Waals surface area (Å²) < 4.78 is 121. The van der Waals surface area contributed by atoms with Crippen LogP contribution < -0.4 is 5.32 Å². The number of halogens is 11. The summed E-state index contributed by atoms with van der Waals surface area (Å²) in [6.45, 7) is 3.66. The highest BCUT2D eigenvalue weighted by atomic mass is 35.5. The van der Waals surface area contributed by atoms with E-state index in [4.69, 9.17) is 23.2 Å². The van der Waals surface area contributed by atoms with E-state index in [1.807, 2.05) is 6.92 Å². The van der Waals surface area contributed by atoms with Gasteiger partial charge in [-0.1, -0.05) is 43.5 Å². The van der Waals surface area contributed by atoms with Crippen LogP contribution in [0.2, 0.25) is 10.0 Å². The number of aromatic nitrogens is 4. The molecule has 5 nitrogen and oxygen atoms in total. The molecule has 0 amide bonds. The Hall–Kier alpha value is -2.48. The molecule has 0 unspecified atom stereocenters. The molecule has 0 fully saturated rings. The van der Waals surface area contributed by atoms with Crippen molar-refractivity contribution in [3.8, 4) is 5.69 Å². The van der Waals surface area contributed by atoms with Crippen molar-refractivity contribution in [1.29, 1.82) is 0 Å². The number of hydrogen-bond donors (Lipinski definition) is 1.